The van der Waals surface area contributed by atoms with Crippen molar-refractivity contribution in [3.05, 3.63) is 73.8 Å². The van der Waals surface area contributed by atoms with Gasteiger partial charge in [0.05, 0.1) is 15.6 Å². The maximum atomic E-state index is 11.9. The van der Waals surface area contributed by atoms with E-state index in [4.69, 9.17) is 4.74 Å². The van der Waals surface area contributed by atoms with Gasteiger partial charge in [0, 0.05) is 23.8 Å². The minimum atomic E-state index is -0.630. The van der Waals surface area contributed by atoms with Crippen LogP contribution in [0.2, 0.25) is 0 Å². The van der Waals surface area contributed by atoms with Gasteiger partial charge >= 0.3 is 5.69 Å². The second-order valence-electron chi connectivity index (χ2n) is 5.56. The van der Waals surface area contributed by atoms with Crippen LogP contribution in [0.15, 0.2) is 47.6 Å². The van der Waals surface area contributed by atoms with Gasteiger partial charge in [-0.2, -0.15) is 5.10 Å². The number of hydrogen-bond acceptors (Lipinski definition) is 7. The predicted octanol–water partition coefficient (Wildman–Crippen LogP) is 2.73. The molecule has 0 fully saturated rings. The summed E-state index contributed by atoms with van der Waals surface area (Å²) >= 11 is 0. The molecule has 2 aromatic carbocycles. The van der Waals surface area contributed by atoms with Crippen molar-refractivity contribution in [2.75, 3.05) is 6.61 Å². The molecule has 0 radical (unpaired) electrons. The van der Waals surface area contributed by atoms with Gasteiger partial charge in [-0.05, 0) is 25.5 Å². The number of ether oxygens (including phenoxy) is 1. The van der Waals surface area contributed by atoms with Crippen molar-refractivity contribution < 1.29 is 19.4 Å². The number of nitrogens with one attached hydrogen (secondary N) is 1. The molecule has 27 heavy (non-hydrogen) atoms. The number of nitro benzene ring substituents is 2. The minimum absolute atomic E-state index is 0.0277. The third kappa shape index (κ3) is 5.33. The molecule has 0 atom stereocenters. The average Bonchev–Trinajstić information content (AvgIpc) is 2.64. The van der Waals surface area contributed by atoms with Crippen LogP contribution in [0.1, 0.15) is 18.1 Å². The van der Waals surface area contributed by atoms with E-state index in [0.29, 0.717) is 16.8 Å². The predicted molar refractivity (Wildman–Crippen MR) is 96.8 cm³/mol. The fraction of sp³-hybridized carbons (Fsp3) is 0.176. The summed E-state index contributed by atoms with van der Waals surface area (Å²) in [5, 5.41) is 25.7. The van der Waals surface area contributed by atoms with Crippen LogP contribution < -0.4 is 10.2 Å². The molecule has 1 amide bonds. The number of non-ortho nitro benzene ring substituents is 1. The number of hydrogen-bond donors (Lipinski definition) is 1. The van der Waals surface area contributed by atoms with Crippen LogP contribution in [0.25, 0.3) is 0 Å². The van der Waals surface area contributed by atoms with Crippen LogP contribution in [0.3, 0.4) is 0 Å². The molecule has 10 nitrogen and oxygen atoms in total. The first-order valence-electron chi connectivity index (χ1n) is 7.73. The number of hydrazone groups is 1. The Morgan fingerprint density at radius 3 is 2.56 bits per heavy atom. The Morgan fingerprint density at radius 1 is 1.15 bits per heavy atom. The number of rotatable bonds is 7. The van der Waals surface area contributed by atoms with E-state index >= 15 is 0 Å². The van der Waals surface area contributed by atoms with Gasteiger partial charge in [-0.3, -0.25) is 25.0 Å². The summed E-state index contributed by atoms with van der Waals surface area (Å²) < 4.78 is 5.19. The largest absolute Gasteiger partial charge is 0.477 e. The second-order valence-corrected chi connectivity index (χ2v) is 5.56. The van der Waals surface area contributed by atoms with Gasteiger partial charge < -0.3 is 4.74 Å². The Hall–Kier alpha value is -3.82. The van der Waals surface area contributed by atoms with Crippen molar-refractivity contribution >= 4 is 23.0 Å². The maximum Gasteiger partial charge on any atom is 0.311 e. The highest BCUT2D eigenvalue weighted by Crippen LogP contribution is 2.27. The maximum absolute atomic E-state index is 11.9. The Bertz CT molecular complexity index is 925. The molecule has 0 aromatic heterocycles. The highest BCUT2D eigenvalue weighted by atomic mass is 16.6. The molecule has 0 spiro atoms. The molecule has 2 aromatic rings. The zero-order valence-electron chi connectivity index (χ0n) is 14.5. The third-order valence-corrected chi connectivity index (χ3v) is 3.49. The Kier molecular flexibility index (Phi) is 6.15. The highest BCUT2D eigenvalue weighted by Gasteiger charge is 2.16. The van der Waals surface area contributed by atoms with Crippen LogP contribution in [0.5, 0.6) is 5.75 Å². The topological polar surface area (TPSA) is 137 Å². The van der Waals surface area contributed by atoms with E-state index in [0.717, 1.165) is 0 Å². The van der Waals surface area contributed by atoms with Crippen molar-refractivity contribution in [3.63, 3.8) is 0 Å². The molecule has 0 aliphatic heterocycles. The molecule has 140 valence electrons. The van der Waals surface area contributed by atoms with Crippen LogP contribution in [0.4, 0.5) is 11.4 Å². The third-order valence-electron chi connectivity index (χ3n) is 3.49. The van der Waals surface area contributed by atoms with Gasteiger partial charge in [0.2, 0.25) is 0 Å². The molecule has 0 saturated heterocycles. The fourth-order valence-electron chi connectivity index (χ4n) is 2.12. The van der Waals surface area contributed by atoms with Crippen molar-refractivity contribution in [1.29, 1.82) is 0 Å². The standard InChI is InChI=1S/C17H16N4O6/c1-11-6-7-16(15(8-11)21(25)26)27-10-17(22)19-18-12(2)13-4-3-5-14(9-13)20(23)24/h3-9H,10H2,1-2H3,(H,19,22). The summed E-state index contributed by atoms with van der Waals surface area (Å²) in [5.74, 6) is -0.658. The smallest absolute Gasteiger partial charge is 0.311 e. The van der Waals surface area contributed by atoms with Gasteiger partial charge in [0.1, 0.15) is 0 Å². The first-order valence-corrected chi connectivity index (χ1v) is 7.73. The van der Waals surface area contributed by atoms with E-state index in [1.165, 1.54) is 30.3 Å². The molecule has 0 aliphatic carbocycles. The van der Waals surface area contributed by atoms with Gasteiger partial charge in [-0.15, -0.1) is 0 Å². The van der Waals surface area contributed by atoms with Crippen molar-refractivity contribution in [3.8, 4) is 5.75 Å². The average molecular weight is 372 g/mol. The number of amides is 1. The summed E-state index contributed by atoms with van der Waals surface area (Å²) in [6.45, 7) is 2.80. The minimum Gasteiger partial charge on any atom is -0.477 e. The molecule has 0 saturated carbocycles. The van der Waals surface area contributed by atoms with Crippen molar-refractivity contribution in [1.82, 2.24) is 5.43 Å². The molecular weight excluding hydrogens is 356 g/mol. The number of nitrogens with zero attached hydrogens (tertiary/aromatic N) is 3. The molecule has 1 N–H and O–H groups in total. The van der Waals surface area contributed by atoms with Crippen LogP contribution in [0, 0.1) is 27.2 Å². The van der Waals surface area contributed by atoms with E-state index in [1.54, 1.807) is 26.0 Å². The molecule has 0 bridgehead atoms. The van der Waals surface area contributed by atoms with E-state index < -0.39 is 22.4 Å². The number of aryl methyl sites for hydroxylation is 1. The number of nitro groups is 2. The molecule has 10 heteroatoms. The number of carbonyl (C=O) groups excluding carboxylic acids is 1. The van der Waals surface area contributed by atoms with E-state index in [9.17, 15) is 25.0 Å². The summed E-state index contributed by atoms with van der Waals surface area (Å²) in [5.41, 5.74) is 3.43. The van der Waals surface area contributed by atoms with Gasteiger partial charge in [-0.1, -0.05) is 18.2 Å². The SMILES string of the molecule is CC(=NNC(=O)COc1ccc(C)cc1[N+](=O)[O-])c1cccc([N+](=O)[O-])c1. The van der Waals surface area contributed by atoms with Crippen molar-refractivity contribution in [2.24, 2.45) is 5.10 Å². The Morgan fingerprint density at radius 2 is 1.89 bits per heavy atom. The summed E-state index contributed by atoms with van der Waals surface area (Å²) in [7, 11) is 0. The highest BCUT2D eigenvalue weighted by molar-refractivity contribution is 5.99. The molecule has 0 unspecified atom stereocenters. The first kappa shape index (κ1) is 19.5. The normalized spacial score (nSPS) is 11.0. The molecular formula is C17H16N4O6. The summed E-state index contributed by atoms with van der Waals surface area (Å²) in [4.78, 5) is 32.5. The number of benzene rings is 2. The van der Waals surface area contributed by atoms with E-state index in [1.807, 2.05) is 0 Å². The second kappa shape index (κ2) is 8.52. The fourth-order valence-corrected chi connectivity index (χ4v) is 2.12. The lowest BCUT2D eigenvalue weighted by molar-refractivity contribution is -0.385. The van der Waals surface area contributed by atoms with Crippen LogP contribution >= 0.6 is 0 Å². The van der Waals surface area contributed by atoms with Crippen LogP contribution in [-0.4, -0.2) is 28.1 Å². The zero-order valence-corrected chi connectivity index (χ0v) is 14.5. The summed E-state index contributed by atoms with van der Waals surface area (Å²) in [6.07, 6.45) is 0. The Balaban J connectivity index is 2.00. The molecule has 0 aliphatic rings. The number of carbonyl (C=O) groups is 1. The van der Waals surface area contributed by atoms with Gasteiger partial charge in [0.25, 0.3) is 11.6 Å². The summed E-state index contributed by atoms with van der Waals surface area (Å²) in [6, 6.07) is 10.2. The first-order chi connectivity index (χ1) is 12.8. The van der Waals surface area contributed by atoms with E-state index in [-0.39, 0.29) is 17.1 Å². The molecule has 0 heterocycles. The van der Waals surface area contributed by atoms with Crippen LogP contribution in [-0.2, 0) is 4.79 Å². The lowest BCUT2D eigenvalue weighted by Gasteiger charge is -2.07. The van der Waals surface area contributed by atoms with Crippen molar-refractivity contribution in [2.45, 2.75) is 13.8 Å². The lowest BCUT2D eigenvalue weighted by atomic mass is 10.1. The lowest BCUT2D eigenvalue weighted by Crippen LogP contribution is -2.25. The molecule has 2 rings (SSSR count). The monoisotopic (exact) mass is 372 g/mol. The zero-order chi connectivity index (χ0) is 20.0. The Labute approximate surface area is 153 Å². The quantitative estimate of drug-likeness (QED) is 0.451. The van der Waals surface area contributed by atoms with E-state index in [2.05, 4.69) is 10.5 Å². The van der Waals surface area contributed by atoms with Gasteiger partial charge in [-0.25, -0.2) is 5.43 Å². The van der Waals surface area contributed by atoms with Gasteiger partial charge in [0.15, 0.2) is 12.4 Å².